The van der Waals surface area contributed by atoms with Gasteiger partial charge in [0.15, 0.2) is 0 Å². The van der Waals surface area contributed by atoms with Crippen LogP contribution in [0, 0.1) is 0 Å². The number of likely N-dealkylation sites (tertiary alicyclic amines) is 1. The molecule has 0 unspecified atom stereocenters. The van der Waals surface area contributed by atoms with Gasteiger partial charge in [0.05, 0.1) is 5.69 Å². The third kappa shape index (κ3) is 3.44. The molecular weight excluding hydrogens is 386 g/mol. The van der Waals surface area contributed by atoms with Crippen molar-refractivity contribution in [2.75, 3.05) is 24.5 Å². The molecule has 1 fully saturated rings. The number of likely N-dealkylation sites (N-methyl/N-ethyl adjacent to an activating group) is 1. The van der Waals surface area contributed by atoms with Crippen LogP contribution >= 0.6 is 0 Å². The molecule has 2 aliphatic heterocycles. The first-order valence-electron chi connectivity index (χ1n) is 11.2. The minimum absolute atomic E-state index is 0.0323. The maximum Gasteiger partial charge on any atom is 0.258 e. The molecule has 5 rings (SSSR count). The van der Waals surface area contributed by atoms with E-state index in [0.29, 0.717) is 18.7 Å². The fraction of sp³-hybridized carbons (Fsp3) is 0.308. The number of hydrogen-bond donors (Lipinski definition) is 0. The molecule has 1 aromatic heterocycles. The molecule has 3 heterocycles. The van der Waals surface area contributed by atoms with Gasteiger partial charge in [-0.05, 0) is 44.4 Å². The smallest absolute Gasteiger partial charge is 0.258 e. The van der Waals surface area contributed by atoms with Gasteiger partial charge in [0.25, 0.3) is 5.91 Å². The first kappa shape index (κ1) is 19.6. The van der Waals surface area contributed by atoms with Crippen LogP contribution < -0.4 is 4.90 Å². The highest BCUT2D eigenvalue weighted by Crippen LogP contribution is 2.38. The molecule has 0 radical (unpaired) electrons. The molecule has 158 valence electrons. The largest absolute Gasteiger partial charge is 0.341 e. The molecule has 5 heteroatoms. The minimum atomic E-state index is 0.0323. The first-order chi connectivity index (χ1) is 15.2. The highest BCUT2D eigenvalue weighted by Gasteiger charge is 2.31. The Balaban J connectivity index is 1.54. The van der Waals surface area contributed by atoms with Crippen molar-refractivity contribution in [2.45, 2.75) is 32.7 Å². The molecule has 2 amide bonds. The van der Waals surface area contributed by atoms with E-state index < -0.39 is 0 Å². The lowest BCUT2D eigenvalue weighted by atomic mass is 10.0. The van der Waals surface area contributed by atoms with Crippen molar-refractivity contribution in [1.82, 2.24) is 9.47 Å². The van der Waals surface area contributed by atoms with Crippen LogP contribution in [-0.4, -0.2) is 40.9 Å². The van der Waals surface area contributed by atoms with Crippen LogP contribution in [0.3, 0.4) is 0 Å². The molecule has 5 nitrogen and oxygen atoms in total. The van der Waals surface area contributed by atoms with Gasteiger partial charge in [-0.25, -0.2) is 0 Å². The predicted molar refractivity (Wildman–Crippen MR) is 125 cm³/mol. The predicted octanol–water partition coefficient (Wildman–Crippen LogP) is 4.56. The van der Waals surface area contributed by atoms with Crippen molar-refractivity contribution < 1.29 is 9.59 Å². The van der Waals surface area contributed by atoms with Crippen molar-refractivity contribution >= 4 is 40.1 Å². The van der Waals surface area contributed by atoms with E-state index in [1.807, 2.05) is 76.0 Å². The van der Waals surface area contributed by atoms with Crippen molar-refractivity contribution in [1.29, 1.82) is 0 Å². The van der Waals surface area contributed by atoms with E-state index in [-0.39, 0.29) is 11.8 Å². The Hall–Kier alpha value is -3.34. The highest BCUT2D eigenvalue weighted by molar-refractivity contribution is 6.36. The number of anilines is 1. The lowest BCUT2D eigenvalue weighted by Gasteiger charge is -2.27. The molecule has 0 aliphatic carbocycles. The van der Waals surface area contributed by atoms with Crippen molar-refractivity contribution in [3.05, 3.63) is 65.9 Å². The highest BCUT2D eigenvalue weighted by atomic mass is 16.2. The lowest BCUT2D eigenvalue weighted by molar-refractivity contribution is -0.132. The molecule has 1 saturated heterocycles. The summed E-state index contributed by atoms with van der Waals surface area (Å²) >= 11 is 0. The fourth-order valence-electron chi connectivity index (χ4n) is 4.83. The quantitative estimate of drug-likeness (QED) is 0.589. The van der Waals surface area contributed by atoms with E-state index in [1.165, 1.54) is 6.42 Å². The summed E-state index contributed by atoms with van der Waals surface area (Å²) in [6.07, 6.45) is 7.39. The molecule has 0 bridgehead atoms. The number of rotatable bonds is 4. The zero-order valence-electron chi connectivity index (χ0n) is 17.9. The van der Waals surface area contributed by atoms with E-state index >= 15 is 0 Å². The first-order valence-corrected chi connectivity index (χ1v) is 11.2. The molecule has 3 aromatic rings. The Bertz CT molecular complexity index is 1180. The SMILES string of the molecule is CCN1C(=O)/C(=C/c2cn(CC(=O)N3CCCCC3)c3ccccc23)c2ccccc21. The van der Waals surface area contributed by atoms with Crippen LogP contribution in [0.5, 0.6) is 0 Å². The second kappa shape index (κ2) is 8.06. The number of carbonyl (C=O) groups excluding carboxylic acids is 2. The van der Waals surface area contributed by atoms with Gasteiger partial charge < -0.3 is 14.4 Å². The zero-order valence-corrected chi connectivity index (χ0v) is 17.9. The van der Waals surface area contributed by atoms with Gasteiger partial charge in [-0.15, -0.1) is 0 Å². The number of piperidine rings is 1. The molecule has 31 heavy (non-hydrogen) atoms. The number of para-hydroxylation sites is 2. The van der Waals surface area contributed by atoms with Crippen molar-refractivity contribution in [3.8, 4) is 0 Å². The summed E-state index contributed by atoms with van der Waals surface area (Å²) in [4.78, 5) is 29.8. The van der Waals surface area contributed by atoms with Gasteiger partial charge in [0, 0.05) is 53.4 Å². The van der Waals surface area contributed by atoms with Crippen LogP contribution in [0.25, 0.3) is 22.6 Å². The Morgan fingerprint density at radius 1 is 1.00 bits per heavy atom. The van der Waals surface area contributed by atoms with Gasteiger partial charge in [-0.1, -0.05) is 36.4 Å². The monoisotopic (exact) mass is 413 g/mol. The minimum Gasteiger partial charge on any atom is -0.341 e. The Kier molecular flexibility index (Phi) is 5.10. The number of nitrogens with zero attached hydrogens (tertiary/aromatic N) is 3. The summed E-state index contributed by atoms with van der Waals surface area (Å²) in [6.45, 7) is 4.67. The van der Waals surface area contributed by atoms with Gasteiger partial charge in [-0.3, -0.25) is 9.59 Å². The second-order valence-corrected chi connectivity index (χ2v) is 8.30. The topological polar surface area (TPSA) is 45.6 Å². The standard InChI is InChI=1S/C26H27N3O2/c1-2-29-24-13-7-5-11-21(24)22(26(29)31)16-19-17-28(23-12-6-4-10-20(19)23)18-25(30)27-14-8-3-9-15-27/h4-7,10-13,16-17H,2-3,8-9,14-15,18H2,1H3/b22-16+. The van der Waals surface area contributed by atoms with E-state index in [2.05, 4.69) is 6.07 Å². The molecule has 0 spiro atoms. The van der Waals surface area contributed by atoms with E-state index in [1.54, 1.807) is 0 Å². The maximum absolute atomic E-state index is 13.1. The zero-order chi connectivity index (χ0) is 21.4. The van der Waals surface area contributed by atoms with Gasteiger partial charge in [0.2, 0.25) is 5.91 Å². The number of aromatic nitrogens is 1. The van der Waals surface area contributed by atoms with E-state index in [4.69, 9.17) is 0 Å². The Morgan fingerprint density at radius 3 is 2.55 bits per heavy atom. The number of amides is 2. The van der Waals surface area contributed by atoms with Crippen LogP contribution in [0.4, 0.5) is 5.69 Å². The summed E-state index contributed by atoms with van der Waals surface area (Å²) in [6, 6.07) is 16.1. The molecular formula is C26H27N3O2. The number of fused-ring (bicyclic) bond motifs is 2. The van der Waals surface area contributed by atoms with Gasteiger partial charge in [-0.2, -0.15) is 0 Å². The number of hydrogen-bond acceptors (Lipinski definition) is 2. The van der Waals surface area contributed by atoms with Crippen molar-refractivity contribution in [3.63, 3.8) is 0 Å². The molecule has 0 saturated carbocycles. The number of carbonyl (C=O) groups is 2. The summed E-state index contributed by atoms with van der Waals surface area (Å²) in [5.74, 6) is 0.198. The molecule has 2 aromatic carbocycles. The molecule has 2 aliphatic rings. The van der Waals surface area contributed by atoms with Crippen molar-refractivity contribution in [2.24, 2.45) is 0 Å². The van der Waals surface area contributed by atoms with Crippen LogP contribution in [-0.2, 0) is 16.1 Å². The van der Waals surface area contributed by atoms with Crippen LogP contribution in [0.2, 0.25) is 0 Å². The van der Waals surface area contributed by atoms with Crippen LogP contribution in [0.15, 0.2) is 54.7 Å². The normalized spacial score (nSPS) is 17.6. The summed E-state index contributed by atoms with van der Waals surface area (Å²) in [5, 5.41) is 1.06. The average Bonchev–Trinajstić information content (AvgIpc) is 3.29. The fourth-order valence-corrected chi connectivity index (χ4v) is 4.83. The third-order valence-corrected chi connectivity index (χ3v) is 6.41. The lowest BCUT2D eigenvalue weighted by Crippen LogP contribution is -2.37. The maximum atomic E-state index is 13.1. The number of benzene rings is 2. The van der Waals surface area contributed by atoms with E-state index in [9.17, 15) is 9.59 Å². The third-order valence-electron chi connectivity index (χ3n) is 6.41. The summed E-state index contributed by atoms with van der Waals surface area (Å²) < 4.78 is 2.03. The second-order valence-electron chi connectivity index (χ2n) is 8.30. The summed E-state index contributed by atoms with van der Waals surface area (Å²) in [5.41, 5.74) is 4.63. The van der Waals surface area contributed by atoms with Gasteiger partial charge in [0.1, 0.15) is 6.54 Å². The van der Waals surface area contributed by atoms with Crippen LogP contribution in [0.1, 0.15) is 37.3 Å². The molecule has 0 atom stereocenters. The Labute approximate surface area is 182 Å². The average molecular weight is 414 g/mol. The van der Waals surface area contributed by atoms with E-state index in [0.717, 1.165) is 53.6 Å². The Morgan fingerprint density at radius 2 is 1.74 bits per heavy atom. The molecule has 0 N–H and O–H groups in total. The van der Waals surface area contributed by atoms with Gasteiger partial charge >= 0.3 is 0 Å². The summed E-state index contributed by atoms with van der Waals surface area (Å²) in [7, 11) is 0.